The lowest BCUT2D eigenvalue weighted by Crippen LogP contribution is -2.24. The van der Waals surface area contributed by atoms with Crippen molar-refractivity contribution < 1.29 is 9.21 Å². The van der Waals surface area contributed by atoms with E-state index >= 15 is 0 Å². The summed E-state index contributed by atoms with van der Waals surface area (Å²) in [6.45, 7) is 8.76. The van der Waals surface area contributed by atoms with E-state index in [-0.39, 0.29) is 5.91 Å². The van der Waals surface area contributed by atoms with E-state index in [0.717, 1.165) is 17.7 Å². The summed E-state index contributed by atoms with van der Waals surface area (Å²) in [6.07, 6.45) is 0.990. The molecule has 0 spiro atoms. The third kappa shape index (κ3) is 3.42. The molecular formula is C12H19NO2. The molecule has 0 atom stereocenters. The minimum atomic E-state index is -0.119. The van der Waals surface area contributed by atoms with Crippen LogP contribution in [-0.2, 0) is 0 Å². The Balaban J connectivity index is 2.47. The van der Waals surface area contributed by atoms with Gasteiger partial charge in [0.15, 0.2) is 5.76 Å². The van der Waals surface area contributed by atoms with Gasteiger partial charge in [0.05, 0.1) is 0 Å². The Morgan fingerprint density at radius 1 is 1.47 bits per heavy atom. The van der Waals surface area contributed by atoms with Crippen molar-refractivity contribution in [2.24, 2.45) is 5.92 Å². The predicted molar refractivity (Wildman–Crippen MR) is 60.0 cm³/mol. The summed E-state index contributed by atoms with van der Waals surface area (Å²) in [5.41, 5.74) is 1.02. The number of aryl methyl sites for hydroxylation is 2. The van der Waals surface area contributed by atoms with Crippen molar-refractivity contribution in [1.82, 2.24) is 5.32 Å². The maximum absolute atomic E-state index is 11.6. The Labute approximate surface area is 90.9 Å². The first kappa shape index (κ1) is 11.8. The van der Waals surface area contributed by atoms with Gasteiger partial charge in [-0.05, 0) is 37.8 Å². The number of amides is 1. The zero-order valence-electron chi connectivity index (χ0n) is 9.89. The fraction of sp³-hybridized carbons (Fsp3) is 0.583. The summed E-state index contributed by atoms with van der Waals surface area (Å²) in [7, 11) is 0. The average molecular weight is 209 g/mol. The Hall–Kier alpha value is -1.25. The Morgan fingerprint density at radius 3 is 2.60 bits per heavy atom. The van der Waals surface area contributed by atoms with Crippen LogP contribution < -0.4 is 5.32 Å². The molecule has 1 aromatic heterocycles. The first-order valence-corrected chi connectivity index (χ1v) is 5.36. The van der Waals surface area contributed by atoms with Gasteiger partial charge in [-0.3, -0.25) is 4.79 Å². The fourth-order valence-electron chi connectivity index (χ4n) is 1.25. The molecule has 1 rings (SSSR count). The van der Waals surface area contributed by atoms with Crippen molar-refractivity contribution in [3.63, 3.8) is 0 Å². The average Bonchev–Trinajstić information content (AvgIpc) is 2.46. The van der Waals surface area contributed by atoms with Crippen LogP contribution >= 0.6 is 0 Å². The quantitative estimate of drug-likeness (QED) is 0.828. The van der Waals surface area contributed by atoms with Crippen LogP contribution in [0.3, 0.4) is 0 Å². The molecule has 0 aliphatic heterocycles. The molecule has 0 saturated heterocycles. The first-order chi connectivity index (χ1) is 7.00. The van der Waals surface area contributed by atoms with E-state index in [1.165, 1.54) is 0 Å². The van der Waals surface area contributed by atoms with E-state index in [0.29, 0.717) is 18.2 Å². The van der Waals surface area contributed by atoms with Gasteiger partial charge < -0.3 is 9.73 Å². The van der Waals surface area contributed by atoms with Gasteiger partial charge in [0.1, 0.15) is 5.76 Å². The molecule has 3 heteroatoms. The highest BCUT2D eigenvalue weighted by Crippen LogP contribution is 2.12. The van der Waals surface area contributed by atoms with Gasteiger partial charge in [0, 0.05) is 6.54 Å². The molecule has 0 fully saturated rings. The van der Waals surface area contributed by atoms with Gasteiger partial charge in [-0.1, -0.05) is 13.8 Å². The van der Waals surface area contributed by atoms with Crippen LogP contribution in [0.4, 0.5) is 0 Å². The van der Waals surface area contributed by atoms with E-state index in [4.69, 9.17) is 4.42 Å². The van der Waals surface area contributed by atoms with Crippen LogP contribution in [0, 0.1) is 19.8 Å². The highest BCUT2D eigenvalue weighted by Gasteiger charge is 2.11. The summed E-state index contributed by atoms with van der Waals surface area (Å²) in [6, 6.07) is 1.78. The van der Waals surface area contributed by atoms with Crippen LogP contribution in [0.15, 0.2) is 10.5 Å². The Morgan fingerprint density at radius 2 is 2.13 bits per heavy atom. The normalized spacial score (nSPS) is 10.7. The van der Waals surface area contributed by atoms with Gasteiger partial charge in [0.25, 0.3) is 5.91 Å². The third-order valence-electron chi connectivity index (χ3n) is 2.40. The summed E-state index contributed by atoms with van der Waals surface area (Å²) >= 11 is 0. The second-order valence-corrected chi connectivity index (χ2v) is 4.29. The van der Waals surface area contributed by atoms with Crippen molar-refractivity contribution in [1.29, 1.82) is 0 Å². The number of hydrogen-bond donors (Lipinski definition) is 1. The lowest BCUT2D eigenvalue weighted by molar-refractivity contribution is 0.0923. The molecule has 0 radical (unpaired) electrons. The topological polar surface area (TPSA) is 42.2 Å². The molecule has 15 heavy (non-hydrogen) atoms. The second-order valence-electron chi connectivity index (χ2n) is 4.29. The molecule has 3 nitrogen and oxygen atoms in total. The minimum absolute atomic E-state index is 0.119. The number of rotatable bonds is 4. The molecule has 0 aliphatic rings. The smallest absolute Gasteiger partial charge is 0.287 e. The maximum atomic E-state index is 11.6. The summed E-state index contributed by atoms with van der Waals surface area (Å²) < 4.78 is 5.32. The van der Waals surface area contributed by atoms with E-state index in [9.17, 15) is 4.79 Å². The number of nitrogens with one attached hydrogen (secondary N) is 1. The molecule has 0 aliphatic carbocycles. The SMILES string of the molecule is Cc1cc(C(=O)NCCC(C)C)oc1C. The molecule has 1 heterocycles. The minimum Gasteiger partial charge on any atom is -0.456 e. The maximum Gasteiger partial charge on any atom is 0.287 e. The van der Waals surface area contributed by atoms with Crippen LogP contribution in [0.25, 0.3) is 0 Å². The number of furan rings is 1. The molecule has 1 amide bonds. The monoisotopic (exact) mass is 209 g/mol. The van der Waals surface area contributed by atoms with E-state index in [1.54, 1.807) is 6.07 Å². The van der Waals surface area contributed by atoms with Crippen LogP contribution in [0.5, 0.6) is 0 Å². The molecule has 0 saturated carbocycles. The van der Waals surface area contributed by atoms with E-state index in [1.807, 2.05) is 13.8 Å². The summed E-state index contributed by atoms with van der Waals surface area (Å²) in [5, 5.41) is 2.84. The largest absolute Gasteiger partial charge is 0.456 e. The number of carbonyl (C=O) groups is 1. The highest BCUT2D eigenvalue weighted by atomic mass is 16.3. The lowest BCUT2D eigenvalue weighted by atomic mass is 10.1. The summed E-state index contributed by atoms with van der Waals surface area (Å²) in [4.78, 5) is 11.6. The molecule has 0 aromatic carbocycles. The van der Waals surface area contributed by atoms with Gasteiger partial charge >= 0.3 is 0 Å². The highest BCUT2D eigenvalue weighted by molar-refractivity contribution is 5.91. The van der Waals surface area contributed by atoms with Gasteiger partial charge in [-0.25, -0.2) is 0 Å². The number of hydrogen-bond acceptors (Lipinski definition) is 2. The molecule has 1 N–H and O–H groups in total. The first-order valence-electron chi connectivity index (χ1n) is 5.36. The van der Waals surface area contributed by atoms with Gasteiger partial charge in [0.2, 0.25) is 0 Å². The van der Waals surface area contributed by atoms with Crippen molar-refractivity contribution in [2.75, 3.05) is 6.54 Å². The number of carbonyl (C=O) groups excluding carboxylic acids is 1. The predicted octanol–water partition coefficient (Wildman–Crippen LogP) is 2.67. The van der Waals surface area contributed by atoms with Crippen LogP contribution in [0.1, 0.15) is 42.1 Å². The molecule has 0 unspecified atom stereocenters. The molecule has 84 valence electrons. The third-order valence-corrected chi connectivity index (χ3v) is 2.40. The van der Waals surface area contributed by atoms with E-state index < -0.39 is 0 Å². The Bertz CT molecular complexity index is 320. The standard InChI is InChI=1S/C12H19NO2/c1-8(2)5-6-13-12(14)11-7-9(3)10(4)15-11/h7-8H,5-6H2,1-4H3,(H,13,14). The molecule has 0 bridgehead atoms. The van der Waals surface area contributed by atoms with Gasteiger partial charge in [-0.2, -0.15) is 0 Å². The van der Waals surface area contributed by atoms with Crippen molar-refractivity contribution >= 4 is 5.91 Å². The molecular weight excluding hydrogens is 190 g/mol. The van der Waals surface area contributed by atoms with Crippen molar-refractivity contribution in [3.05, 3.63) is 23.2 Å². The van der Waals surface area contributed by atoms with Crippen molar-refractivity contribution in [3.8, 4) is 0 Å². The van der Waals surface area contributed by atoms with Crippen LogP contribution in [-0.4, -0.2) is 12.5 Å². The Kier molecular flexibility index (Phi) is 3.95. The van der Waals surface area contributed by atoms with E-state index in [2.05, 4.69) is 19.2 Å². The second kappa shape index (κ2) is 5.01. The zero-order chi connectivity index (χ0) is 11.4. The fourth-order valence-corrected chi connectivity index (χ4v) is 1.25. The lowest BCUT2D eigenvalue weighted by Gasteiger charge is -2.05. The van der Waals surface area contributed by atoms with Gasteiger partial charge in [-0.15, -0.1) is 0 Å². The van der Waals surface area contributed by atoms with Crippen LogP contribution in [0.2, 0.25) is 0 Å². The summed E-state index contributed by atoms with van der Waals surface area (Å²) in [5.74, 6) is 1.70. The van der Waals surface area contributed by atoms with Crippen molar-refractivity contribution in [2.45, 2.75) is 34.1 Å². The molecule has 1 aromatic rings. The zero-order valence-corrected chi connectivity index (χ0v) is 9.89.